The lowest BCUT2D eigenvalue weighted by Crippen LogP contribution is -2.33. The standard InChI is InChI=1S/C18H20N2O3/c1-13-6-8-14(9-7-13)10-17(21)19-12-18(22)20-15-4-3-5-16(11-15)23-2/h3-9,11H,10,12H2,1-2H3,(H,19,21)(H,20,22). The van der Waals surface area contributed by atoms with E-state index in [-0.39, 0.29) is 24.8 Å². The molecule has 0 aliphatic rings. The number of anilines is 1. The molecule has 0 atom stereocenters. The molecule has 5 nitrogen and oxygen atoms in total. The summed E-state index contributed by atoms with van der Waals surface area (Å²) < 4.78 is 5.09. The second kappa shape index (κ2) is 7.98. The summed E-state index contributed by atoms with van der Waals surface area (Å²) in [5.41, 5.74) is 2.69. The van der Waals surface area contributed by atoms with Crippen molar-refractivity contribution in [2.45, 2.75) is 13.3 Å². The molecule has 0 heterocycles. The quantitative estimate of drug-likeness (QED) is 0.860. The minimum atomic E-state index is -0.282. The number of carbonyl (C=O) groups is 2. The zero-order valence-electron chi connectivity index (χ0n) is 13.3. The van der Waals surface area contributed by atoms with Gasteiger partial charge in [-0.25, -0.2) is 0 Å². The number of amides is 2. The SMILES string of the molecule is COc1cccc(NC(=O)CNC(=O)Cc2ccc(C)cc2)c1. The minimum absolute atomic E-state index is 0.0676. The Hall–Kier alpha value is -2.82. The fourth-order valence-corrected chi connectivity index (χ4v) is 2.04. The Morgan fingerprint density at radius 1 is 1.04 bits per heavy atom. The van der Waals surface area contributed by atoms with Crippen LogP contribution in [0, 0.1) is 6.92 Å². The van der Waals surface area contributed by atoms with Crippen molar-refractivity contribution in [2.24, 2.45) is 0 Å². The Morgan fingerprint density at radius 3 is 2.48 bits per heavy atom. The van der Waals surface area contributed by atoms with Crippen LogP contribution in [0.2, 0.25) is 0 Å². The van der Waals surface area contributed by atoms with Crippen molar-refractivity contribution in [3.8, 4) is 5.75 Å². The Bertz CT molecular complexity index is 681. The van der Waals surface area contributed by atoms with E-state index in [1.54, 1.807) is 31.4 Å². The normalized spacial score (nSPS) is 10.0. The summed E-state index contributed by atoms with van der Waals surface area (Å²) in [6.07, 6.45) is 0.257. The van der Waals surface area contributed by atoms with Crippen molar-refractivity contribution in [2.75, 3.05) is 19.0 Å². The summed E-state index contributed by atoms with van der Waals surface area (Å²) in [5, 5.41) is 5.32. The Kier molecular flexibility index (Phi) is 5.74. The van der Waals surface area contributed by atoms with E-state index in [1.165, 1.54) is 0 Å². The molecule has 2 rings (SSSR count). The molecule has 5 heteroatoms. The van der Waals surface area contributed by atoms with Crippen LogP contribution < -0.4 is 15.4 Å². The van der Waals surface area contributed by atoms with E-state index in [1.807, 2.05) is 31.2 Å². The van der Waals surface area contributed by atoms with Crippen molar-refractivity contribution in [3.05, 3.63) is 59.7 Å². The molecule has 0 fully saturated rings. The van der Waals surface area contributed by atoms with Gasteiger partial charge in [0.2, 0.25) is 11.8 Å². The van der Waals surface area contributed by atoms with Gasteiger partial charge in [0.1, 0.15) is 5.75 Å². The van der Waals surface area contributed by atoms with E-state index >= 15 is 0 Å². The second-order valence-electron chi connectivity index (χ2n) is 5.22. The van der Waals surface area contributed by atoms with Crippen molar-refractivity contribution in [3.63, 3.8) is 0 Å². The number of nitrogens with one attached hydrogen (secondary N) is 2. The van der Waals surface area contributed by atoms with Crippen molar-refractivity contribution < 1.29 is 14.3 Å². The van der Waals surface area contributed by atoms with Gasteiger partial charge in [-0.2, -0.15) is 0 Å². The van der Waals surface area contributed by atoms with Gasteiger partial charge in [0.25, 0.3) is 0 Å². The summed E-state index contributed by atoms with van der Waals surface area (Å²) >= 11 is 0. The minimum Gasteiger partial charge on any atom is -0.497 e. The van der Waals surface area contributed by atoms with Crippen molar-refractivity contribution in [1.29, 1.82) is 0 Å². The average Bonchev–Trinajstić information content (AvgIpc) is 2.55. The fourth-order valence-electron chi connectivity index (χ4n) is 2.04. The smallest absolute Gasteiger partial charge is 0.243 e. The van der Waals surface area contributed by atoms with Crippen LogP contribution in [0.3, 0.4) is 0 Å². The van der Waals surface area contributed by atoms with E-state index in [0.29, 0.717) is 11.4 Å². The van der Waals surface area contributed by atoms with Crippen LogP contribution in [0.4, 0.5) is 5.69 Å². The molecule has 0 bridgehead atoms. The number of methoxy groups -OCH3 is 1. The van der Waals surface area contributed by atoms with E-state index in [9.17, 15) is 9.59 Å². The van der Waals surface area contributed by atoms with E-state index in [0.717, 1.165) is 11.1 Å². The number of ether oxygens (including phenoxy) is 1. The van der Waals surface area contributed by atoms with E-state index in [4.69, 9.17) is 4.74 Å². The molecular weight excluding hydrogens is 292 g/mol. The lowest BCUT2D eigenvalue weighted by molar-refractivity contribution is -0.123. The summed E-state index contributed by atoms with van der Waals surface area (Å²) in [7, 11) is 1.56. The number of carbonyl (C=O) groups excluding carboxylic acids is 2. The van der Waals surface area contributed by atoms with Crippen LogP contribution in [0.15, 0.2) is 48.5 Å². The van der Waals surface area contributed by atoms with Crippen molar-refractivity contribution in [1.82, 2.24) is 5.32 Å². The van der Waals surface area contributed by atoms with Gasteiger partial charge in [0.05, 0.1) is 20.1 Å². The molecule has 0 aromatic heterocycles. The highest BCUT2D eigenvalue weighted by molar-refractivity contribution is 5.94. The third kappa shape index (κ3) is 5.47. The second-order valence-corrected chi connectivity index (χ2v) is 5.22. The molecule has 0 unspecified atom stereocenters. The molecule has 0 aliphatic heterocycles. The van der Waals surface area contributed by atoms with Gasteiger partial charge in [-0.05, 0) is 24.6 Å². The van der Waals surface area contributed by atoms with Crippen LogP contribution in [0.5, 0.6) is 5.75 Å². The molecule has 0 saturated carbocycles. The highest BCUT2D eigenvalue weighted by Crippen LogP contribution is 2.16. The van der Waals surface area contributed by atoms with Crippen LogP contribution in [-0.4, -0.2) is 25.5 Å². The maximum Gasteiger partial charge on any atom is 0.243 e. The lowest BCUT2D eigenvalue weighted by atomic mass is 10.1. The number of hydrogen-bond acceptors (Lipinski definition) is 3. The Morgan fingerprint density at radius 2 is 1.78 bits per heavy atom. The van der Waals surface area contributed by atoms with E-state index < -0.39 is 0 Å². The summed E-state index contributed by atoms with van der Waals surface area (Å²) in [5.74, 6) is 0.191. The summed E-state index contributed by atoms with van der Waals surface area (Å²) in [6, 6.07) is 14.8. The summed E-state index contributed by atoms with van der Waals surface area (Å²) in [4.78, 5) is 23.7. The molecule has 23 heavy (non-hydrogen) atoms. The maximum atomic E-state index is 11.8. The van der Waals surface area contributed by atoms with Crippen molar-refractivity contribution >= 4 is 17.5 Å². The molecule has 2 amide bonds. The molecule has 2 aromatic rings. The average molecular weight is 312 g/mol. The number of rotatable bonds is 6. The molecule has 0 aliphatic carbocycles. The third-order valence-electron chi connectivity index (χ3n) is 3.28. The first-order valence-corrected chi connectivity index (χ1v) is 7.33. The largest absolute Gasteiger partial charge is 0.497 e. The molecule has 0 saturated heterocycles. The number of hydrogen-bond donors (Lipinski definition) is 2. The van der Waals surface area contributed by atoms with Gasteiger partial charge in [0, 0.05) is 11.8 Å². The first-order chi connectivity index (χ1) is 11.1. The molecule has 0 spiro atoms. The topological polar surface area (TPSA) is 67.4 Å². The highest BCUT2D eigenvalue weighted by atomic mass is 16.5. The lowest BCUT2D eigenvalue weighted by Gasteiger charge is -2.08. The molecular formula is C18H20N2O3. The van der Waals surface area contributed by atoms with Crippen LogP contribution in [0.1, 0.15) is 11.1 Å². The first kappa shape index (κ1) is 16.5. The van der Waals surface area contributed by atoms with E-state index in [2.05, 4.69) is 10.6 Å². The predicted octanol–water partition coefficient (Wildman–Crippen LogP) is 2.30. The monoisotopic (exact) mass is 312 g/mol. The number of aryl methyl sites for hydroxylation is 1. The molecule has 120 valence electrons. The maximum absolute atomic E-state index is 11.8. The van der Waals surface area contributed by atoms with Crippen LogP contribution >= 0.6 is 0 Å². The van der Waals surface area contributed by atoms with Gasteiger partial charge in [-0.1, -0.05) is 35.9 Å². The first-order valence-electron chi connectivity index (χ1n) is 7.33. The molecule has 2 N–H and O–H groups in total. The fraction of sp³-hybridized carbons (Fsp3) is 0.222. The van der Waals surface area contributed by atoms with Gasteiger partial charge in [0.15, 0.2) is 0 Å². The van der Waals surface area contributed by atoms with Gasteiger partial charge < -0.3 is 15.4 Å². The zero-order chi connectivity index (χ0) is 16.7. The highest BCUT2D eigenvalue weighted by Gasteiger charge is 2.07. The van der Waals surface area contributed by atoms with Gasteiger partial charge in [-0.3, -0.25) is 9.59 Å². The molecule has 2 aromatic carbocycles. The van der Waals surface area contributed by atoms with Crippen LogP contribution in [0.25, 0.3) is 0 Å². The number of benzene rings is 2. The summed E-state index contributed by atoms with van der Waals surface area (Å²) in [6.45, 7) is 1.93. The van der Waals surface area contributed by atoms with Crippen LogP contribution in [-0.2, 0) is 16.0 Å². The van der Waals surface area contributed by atoms with Gasteiger partial charge in [-0.15, -0.1) is 0 Å². The Labute approximate surface area is 135 Å². The van der Waals surface area contributed by atoms with Gasteiger partial charge >= 0.3 is 0 Å². The predicted molar refractivity (Wildman–Crippen MR) is 89.5 cm³/mol. The zero-order valence-corrected chi connectivity index (χ0v) is 13.3. The third-order valence-corrected chi connectivity index (χ3v) is 3.28. The molecule has 0 radical (unpaired) electrons. The Balaban J connectivity index is 1.79.